The molecule has 0 fully saturated rings. The number of aromatic amines is 1. The average molecular weight is 141 g/mol. The first-order valence-corrected chi connectivity index (χ1v) is 3.17. The summed E-state index contributed by atoms with van der Waals surface area (Å²) in [4.78, 5) is 0. The van der Waals surface area contributed by atoms with Gasteiger partial charge < -0.3 is 0 Å². The van der Waals surface area contributed by atoms with Crippen molar-refractivity contribution in [3.8, 4) is 0 Å². The predicted octanol–water partition coefficient (Wildman–Crippen LogP) is 1.50. The first kappa shape index (κ1) is 7.25. The molecule has 0 atom stereocenters. The molecule has 0 aliphatic heterocycles. The van der Waals surface area contributed by atoms with Crippen LogP contribution in [0.4, 0.5) is 4.39 Å². The van der Waals surface area contributed by atoms with Gasteiger partial charge in [-0.15, -0.1) is 0 Å². The maximum absolute atomic E-state index is 12.9. The molecule has 0 amide bonds. The van der Waals surface area contributed by atoms with E-state index in [4.69, 9.17) is 0 Å². The first-order valence-electron chi connectivity index (χ1n) is 3.17. The second kappa shape index (κ2) is 2.40. The molecule has 1 heterocycles. The lowest BCUT2D eigenvalue weighted by Gasteiger charge is -2.10. The summed E-state index contributed by atoms with van der Waals surface area (Å²) >= 11 is 0. The van der Waals surface area contributed by atoms with Crippen molar-refractivity contribution in [3.05, 3.63) is 18.0 Å². The molecule has 1 radical (unpaired) electrons. The number of H-pyrrole nitrogens is 1. The minimum atomic E-state index is -1.19. The maximum Gasteiger partial charge on any atom is 0.111 e. The van der Waals surface area contributed by atoms with Gasteiger partial charge in [-0.05, 0) is 13.8 Å². The molecular weight excluding hydrogens is 131 g/mol. The first-order chi connectivity index (χ1) is 4.58. The molecule has 0 saturated carbocycles. The summed E-state index contributed by atoms with van der Waals surface area (Å²) in [6.07, 6.45) is 1.89. The zero-order chi connectivity index (χ0) is 7.61. The summed E-state index contributed by atoms with van der Waals surface area (Å²) in [5.74, 6) is 0. The Balaban J connectivity index is 2.57. The van der Waals surface area contributed by atoms with E-state index in [9.17, 15) is 4.39 Å². The van der Waals surface area contributed by atoms with Crippen LogP contribution in [-0.4, -0.2) is 15.9 Å². The van der Waals surface area contributed by atoms with Gasteiger partial charge >= 0.3 is 0 Å². The number of rotatable bonds is 2. The zero-order valence-electron chi connectivity index (χ0n) is 6.11. The Labute approximate surface area is 59.5 Å². The Bertz CT molecular complexity index is 186. The fraction of sp³-hybridized carbons (Fsp3) is 0.571. The van der Waals surface area contributed by atoms with Gasteiger partial charge in [-0.1, -0.05) is 0 Å². The molecular formula is C7H10FN2. The molecule has 1 aromatic rings. The average Bonchev–Trinajstić information content (AvgIpc) is 2.12. The van der Waals surface area contributed by atoms with Crippen molar-refractivity contribution in [2.75, 3.05) is 0 Å². The van der Waals surface area contributed by atoms with E-state index >= 15 is 0 Å². The summed E-state index contributed by atoms with van der Waals surface area (Å²) in [5.41, 5.74) is -0.543. The summed E-state index contributed by atoms with van der Waals surface area (Å²) in [6, 6.07) is 2.79. The maximum atomic E-state index is 12.9. The lowest BCUT2D eigenvalue weighted by molar-refractivity contribution is 0.215. The van der Waals surface area contributed by atoms with Crippen LogP contribution in [0, 0.1) is 6.07 Å². The molecule has 0 saturated heterocycles. The van der Waals surface area contributed by atoms with E-state index in [2.05, 4.69) is 16.3 Å². The molecule has 1 rings (SSSR count). The number of hydrogen-bond acceptors (Lipinski definition) is 1. The van der Waals surface area contributed by atoms with E-state index in [1.165, 1.54) is 13.8 Å². The molecule has 0 spiro atoms. The van der Waals surface area contributed by atoms with Crippen molar-refractivity contribution in [2.24, 2.45) is 0 Å². The highest BCUT2D eigenvalue weighted by molar-refractivity contribution is 4.98. The van der Waals surface area contributed by atoms with Crippen LogP contribution in [0.1, 0.15) is 19.5 Å². The molecule has 2 nitrogen and oxygen atoms in total. The highest BCUT2D eigenvalue weighted by Crippen LogP contribution is 2.13. The Morgan fingerprint density at radius 2 is 2.50 bits per heavy atom. The summed E-state index contributed by atoms with van der Waals surface area (Å²) in [6.45, 7) is 3.05. The lowest BCUT2D eigenvalue weighted by Crippen LogP contribution is -2.15. The van der Waals surface area contributed by atoms with Crippen molar-refractivity contribution in [2.45, 2.75) is 25.9 Å². The highest BCUT2D eigenvalue weighted by Gasteiger charge is 2.16. The Morgan fingerprint density at radius 3 is 2.90 bits per heavy atom. The van der Waals surface area contributed by atoms with E-state index in [-0.39, 0.29) is 0 Å². The van der Waals surface area contributed by atoms with Crippen LogP contribution in [0.25, 0.3) is 0 Å². The van der Waals surface area contributed by atoms with Gasteiger partial charge in [0.2, 0.25) is 0 Å². The molecule has 0 bridgehead atoms. The second-order valence-corrected chi connectivity index (χ2v) is 2.87. The Kier molecular flexibility index (Phi) is 1.74. The minimum Gasteiger partial charge on any atom is -0.285 e. The summed E-state index contributed by atoms with van der Waals surface area (Å²) in [7, 11) is 0. The molecule has 55 valence electrons. The standard InChI is InChI=1S/C7H10FN2/c1-7(2,8)5-6-3-4-9-10-6/h4H,5H2,1-2H3,(H,9,10). The van der Waals surface area contributed by atoms with Gasteiger partial charge in [-0.2, -0.15) is 5.10 Å². The smallest absolute Gasteiger partial charge is 0.111 e. The Hall–Kier alpha value is -0.860. The Morgan fingerprint density at radius 1 is 1.80 bits per heavy atom. The van der Waals surface area contributed by atoms with Crippen LogP contribution in [-0.2, 0) is 6.42 Å². The summed E-state index contributed by atoms with van der Waals surface area (Å²) < 4.78 is 12.9. The van der Waals surface area contributed by atoms with E-state index in [1.54, 1.807) is 6.20 Å². The van der Waals surface area contributed by atoms with Crippen LogP contribution in [0.2, 0.25) is 0 Å². The lowest BCUT2D eigenvalue weighted by atomic mass is 10.1. The largest absolute Gasteiger partial charge is 0.285 e. The molecule has 3 heteroatoms. The summed E-state index contributed by atoms with van der Waals surface area (Å²) in [5, 5.41) is 6.36. The van der Waals surface area contributed by atoms with E-state index in [1.807, 2.05) is 0 Å². The van der Waals surface area contributed by atoms with Gasteiger partial charge in [0.1, 0.15) is 5.67 Å². The van der Waals surface area contributed by atoms with Crippen LogP contribution in [0.3, 0.4) is 0 Å². The molecule has 10 heavy (non-hydrogen) atoms. The molecule has 0 aliphatic rings. The van der Waals surface area contributed by atoms with Crippen LogP contribution < -0.4 is 0 Å². The molecule has 0 aromatic carbocycles. The van der Waals surface area contributed by atoms with Crippen molar-refractivity contribution >= 4 is 0 Å². The molecule has 0 unspecified atom stereocenters. The number of nitrogens with zero attached hydrogens (tertiary/aromatic N) is 1. The van der Waals surface area contributed by atoms with Crippen molar-refractivity contribution in [3.63, 3.8) is 0 Å². The van der Waals surface area contributed by atoms with E-state index in [0.717, 1.165) is 0 Å². The highest BCUT2D eigenvalue weighted by atomic mass is 19.1. The third kappa shape index (κ3) is 2.17. The fourth-order valence-corrected chi connectivity index (χ4v) is 0.747. The number of aromatic nitrogens is 2. The van der Waals surface area contributed by atoms with Gasteiger partial charge in [0, 0.05) is 18.7 Å². The SMILES string of the molecule is CC(C)(F)Cc1[c]c[nH]n1. The number of halogens is 1. The normalized spacial score (nSPS) is 11.9. The van der Waals surface area contributed by atoms with Crippen molar-refractivity contribution in [1.29, 1.82) is 0 Å². The van der Waals surface area contributed by atoms with Crippen molar-refractivity contribution < 1.29 is 4.39 Å². The van der Waals surface area contributed by atoms with E-state index < -0.39 is 5.67 Å². The number of alkyl halides is 1. The van der Waals surface area contributed by atoms with E-state index in [0.29, 0.717) is 12.1 Å². The van der Waals surface area contributed by atoms with Gasteiger partial charge in [-0.25, -0.2) is 4.39 Å². The fourth-order valence-electron chi connectivity index (χ4n) is 0.747. The van der Waals surface area contributed by atoms with Gasteiger partial charge in [-0.3, -0.25) is 5.10 Å². The van der Waals surface area contributed by atoms with Gasteiger partial charge in [0.25, 0.3) is 0 Å². The van der Waals surface area contributed by atoms with Crippen LogP contribution >= 0.6 is 0 Å². The zero-order valence-corrected chi connectivity index (χ0v) is 6.11. The number of hydrogen-bond donors (Lipinski definition) is 1. The third-order valence-corrected chi connectivity index (χ3v) is 1.09. The predicted molar refractivity (Wildman–Crippen MR) is 36.3 cm³/mol. The molecule has 0 aliphatic carbocycles. The third-order valence-electron chi connectivity index (χ3n) is 1.09. The number of nitrogens with one attached hydrogen (secondary N) is 1. The second-order valence-electron chi connectivity index (χ2n) is 2.87. The molecule has 1 N–H and O–H groups in total. The van der Waals surface area contributed by atoms with Gasteiger partial charge in [0.05, 0.1) is 5.69 Å². The molecule has 1 aromatic heterocycles. The van der Waals surface area contributed by atoms with Crippen LogP contribution in [0.15, 0.2) is 6.20 Å². The van der Waals surface area contributed by atoms with Crippen LogP contribution in [0.5, 0.6) is 0 Å². The monoisotopic (exact) mass is 141 g/mol. The van der Waals surface area contributed by atoms with Crippen molar-refractivity contribution in [1.82, 2.24) is 10.2 Å². The van der Waals surface area contributed by atoms with Gasteiger partial charge in [0.15, 0.2) is 0 Å². The minimum absolute atomic E-state index is 0.316. The quantitative estimate of drug-likeness (QED) is 0.664. The topological polar surface area (TPSA) is 28.7 Å².